The first-order valence-corrected chi connectivity index (χ1v) is 12.3. The van der Waals surface area contributed by atoms with Crippen LogP contribution in [0, 0.1) is 5.92 Å². The maximum atomic E-state index is 13.2. The molecule has 0 aliphatic heterocycles. The summed E-state index contributed by atoms with van der Waals surface area (Å²) in [6.45, 7) is 6.39. The second kappa shape index (κ2) is 16.9. The molecule has 6 N–H and O–H groups in total. The van der Waals surface area contributed by atoms with Crippen molar-refractivity contribution in [3.8, 4) is 0 Å². The maximum Gasteiger partial charge on any atom is 0.244 e. The summed E-state index contributed by atoms with van der Waals surface area (Å²) < 4.78 is 0. The Balaban J connectivity index is 2.91. The lowest BCUT2D eigenvalue weighted by Crippen LogP contribution is -2.56. The smallest absolute Gasteiger partial charge is 0.244 e. The Morgan fingerprint density at radius 3 is 2.08 bits per heavy atom. The standard InChI is InChI=1S/C26H39N5O6/c1-5-9-22(33)28-16-24(35)30-21(13-19-10-7-6-8-11-19)26(37)31-20(12-17(2)3)25(36)29-15-23(34)27-14-18(4)32/h5-11,17-18,20-21,32H,12-16H2,1-4H3,(H,27,34)(H,28,33)(H,29,36)(H,30,35)(H,31,37)/t18?,20-,21-/m0/s1. The van der Waals surface area contributed by atoms with Crippen LogP contribution in [0.25, 0.3) is 0 Å². The molecule has 3 atom stereocenters. The van der Waals surface area contributed by atoms with E-state index in [2.05, 4.69) is 26.6 Å². The molecule has 0 saturated carbocycles. The van der Waals surface area contributed by atoms with Crippen molar-refractivity contribution >= 4 is 29.5 Å². The lowest BCUT2D eigenvalue weighted by Gasteiger charge is -2.24. The highest BCUT2D eigenvalue weighted by atomic mass is 16.3. The van der Waals surface area contributed by atoms with E-state index in [0.717, 1.165) is 5.56 Å². The van der Waals surface area contributed by atoms with E-state index >= 15 is 0 Å². The van der Waals surface area contributed by atoms with Crippen LogP contribution in [0.15, 0.2) is 42.5 Å². The summed E-state index contributed by atoms with van der Waals surface area (Å²) >= 11 is 0. The third kappa shape index (κ3) is 13.8. The Bertz CT molecular complexity index is 933. The Morgan fingerprint density at radius 2 is 1.49 bits per heavy atom. The fourth-order valence-electron chi connectivity index (χ4n) is 3.27. The van der Waals surface area contributed by atoms with Gasteiger partial charge in [0.2, 0.25) is 29.5 Å². The van der Waals surface area contributed by atoms with Gasteiger partial charge in [-0.25, -0.2) is 0 Å². The second-order valence-electron chi connectivity index (χ2n) is 9.09. The van der Waals surface area contributed by atoms with Crippen LogP contribution in [0.2, 0.25) is 0 Å². The molecule has 0 radical (unpaired) electrons. The Kier molecular flexibility index (Phi) is 14.3. The molecule has 5 amide bonds. The van der Waals surface area contributed by atoms with E-state index in [0.29, 0.717) is 6.42 Å². The van der Waals surface area contributed by atoms with Crippen molar-refractivity contribution in [1.29, 1.82) is 0 Å². The molecule has 1 aromatic carbocycles. The molecule has 0 bridgehead atoms. The molecule has 0 aliphatic carbocycles. The van der Waals surface area contributed by atoms with Crippen molar-refractivity contribution in [3.63, 3.8) is 0 Å². The van der Waals surface area contributed by atoms with E-state index in [1.165, 1.54) is 19.1 Å². The molecule has 1 aromatic rings. The molecule has 11 nitrogen and oxygen atoms in total. The van der Waals surface area contributed by atoms with Gasteiger partial charge in [0.05, 0.1) is 19.2 Å². The van der Waals surface area contributed by atoms with Gasteiger partial charge < -0.3 is 31.7 Å². The number of carbonyl (C=O) groups excluding carboxylic acids is 5. The predicted molar refractivity (Wildman–Crippen MR) is 139 cm³/mol. The van der Waals surface area contributed by atoms with Gasteiger partial charge in [-0.2, -0.15) is 0 Å². The first-order valence-electron chi connectivity index (χ1n) is 12.3. The van der Waals surface area contributed by atoms with Crippen LogP contribution >= 0.6 is 0 Å². The second-order valence-corrected chi connectivity index (χ2v) is 9.09. The van der Waals surface area contributed by atoms with E-state index < -0.39 is 47.7 Å². The molecule has 0 aliphatic rings. The van der Waals surface area contributed by atoms with Crippen LogP contribution in [0.4, 0.5) is 0 Å². The summed E-state index contributed by atoms with van der Waals surface area (Å²) in [7, 11) is 0. The van der Waals surface area contributed by atoms with Crippen LogP contribution < -0.4 is 26.6 Å². The number of carbonyl (C=O) groups is 5. The van der Waals surface area contributed by atoms with Gasteiger partial charge in [-0.1, -0.05) is 50.3 Å². The lowest BCUT2D eigenvalue weighted by molar-refractivity contribution is -0.133. The molecule has 37 heavy (non-hydrogen) atoms. The summed E-state index contributed by atoms with van der Waals surface area (Å²) in [6.07, 6.45) is 2.56. The molecule has 204 valence electrons. The van der Waals surface area contributed by atoms with Crippen LogP contribution in [-0.2, 0) is 30.4 Å². The van der Waals surface area contributed by atoms with Gasteiger partial charge in [0.15, 0.2) is 0 Å². The zero-order valence-corrected chi connectivity index (χ0v) is 21.9. The maximum absolute atomic E-state index is 13.2. The highest BCUT2D eigenvalue weighted by Gasteiger charge is 2.28. The average Bonchev–Trinajstić information content (AvgIpc) is 2.84. The van der Waals surface area contributed by atoms with Crippen LogP contribution in [0.1, 0.15) is 39.7 Å². The molecule has 0 saturated heterocycles. The number of rotatable bonds is 15. The molecule has 0 heterocycles. The van der Waals surface area contributed by atoms with Gasteiger partial charge in [-0.3, -0.25) is 24.0 Å². The van der Waals surface area contributed by atoms with Crippen molar-refractivity contribution in [2.24, 2.45) is 5.92 Å². The minimum Gasteiger partial charge on any atom is -0.392 e. The fourth-order valence-corrected chi connectivity index (χ4v) is 3.27. The Labute approximate surface area is 217 Å². The number of hydrogen-bond donors (Lipinski definition) is 6. The van der Waals surface area contributed by atoms with Crippen LogP contribution in [0.5, 0.6) is 0 Å². The van der Waals surface area contributed by atoms with Crippen molar-refractivity contribution in [2.75, 3.05) is 19.6 Å². The summed E-state index contributed by atoms with van der Waals surface area (Å²) in [6, 6.07) is 7.11. The molecule has 0 spiro atoms. The monoisotopic (exact) mass is 517 g/mol. The van der Waals surface area contributed by atoms with E-state index in [4.69, 9.17) is 0 Å². The first kappa shape index (κ1) is 31.3. The number of hydrogen-bond acceptors (Lipinski definition) is 6. The van der Waals surface area contributed by atoms with E-state index in [-0.39, 0.29) is 32.0 Å². The molecule has 1 unspecified atom stereocenters. The van der Waals surface area contributed by atoms with Gasteiger partial charge in [0.1, 0.15) is 12.1 Å². The minimum atomic E-state index is -1.01. The lowest BCUT2D eigenvalue weighted by atomic mass is 10.0. The Morgan fingerprint density at radius 1 is 0.838 bits per heavy atom. The number of aliphatic hydroxyl groups is 1. The zero-order valence-electron chi connectivity index (χ0n) is 21.9. The third-order valence-electron chi connectivity index (χ3n) is 5.03. The van der Waals surface area contributed by atoms with Crippen LogP contribution in [0.3, 0.4) is 0 Å². The van der Waals surface area contributed by atoms with Crippen molar-refractivity contribution in [2.45, 2.75) is 58.7 Å². The summed E-state index contributed by atoms with van der Waals surface area (Å²) in [5.74, 6) is -2.54. The minimum absolute atomic E-state index is 0.0455. The highest BCUT2D eigenvalue weighted by Crippen LogP contribution is 2.08. The van der Waals surface area contributed by atoms with Crippen LogP contribution in [-0.4, -0.2) is 72.5 Å². The number of aliphatic hydroxyl groups excluding tert-OH is 1. The molecule has 11 heteroatoms. The molecular formula is C26H39N5O6. The van der Waals surface area contributed by atoms with Gasteiger partial charge in [0, 0.05) is 13.0 Å². The summed E-state index contributed by atoms with van der Waals surface area (Å²) in [5, 5.41) is 22.0. The Hall–Kier alpha value is -3.73. The first-order chi connectivity index (χ1) is 17.5. The normalized spacial score (nSPS) is 13.4. The van der Waals surface area contributed by atoms with E-state index in [9.17, 15) is 29.1 Å². The quantitative estimate of drug-likeness (QED) is 0.172. The van der Waals surface area contributed by atoms with Gasteiger partial charge >= 0.3 is 0 Å². The van der Waals surface area contributed by atoms with Crippen molar-refractivity contribution in [3.05, 3.63) is 48.0 Å². The summed E-state index contributed by atoms with van der Waals surface area (Å²) in [4.78, 5) is 62.0. The highest BCUT2D eigenvalue weighted by molar-refractivity contribution is 5.95. The summed E-state index contributed by atoms with van der Waals surface area (Å²) in [5.41, 5.74) is 0.792. The topological polar surface area (TPSA) is 166 Å². The van der Waals surface area contributed by atoms with Crippen molar-refractivity contribution in [1.82, 2.24) is 26.6 Å². The predicted octanol–water partition coefficient (Wildman–Crippen LogP) is -0.450. The molecular weight excluding hydrogens is 478 g/mol. The largest absolute Gasteiger partial charge is 0.392 e. The van der Waals surface area contributed by atoms with Gasteiger partial charge in [-0.05, 0) is 37.8 Å². The molecule has 0 fully saturated rings. The SMILES string of the molecule is CC=CC(=O)NCC(=O)N[C@@H](Cc1ccccc1)C(=O)N[C@@H](CC(C)C)C(=O)NCC(=O)NCC(C)O. The average molecular weight is 518 g/mol. The van der Waals surface area contributed by atoms with E-state index in [1.807, 2.05) is 32.0 Å². The zero-order chi connectivity index (χ0) is 27.8. The number of amides is 5. The fraction of sp³-hybridized carbons (Fsp3) is 0.500. The molecule has 1 rings (SSSR count). The van der Waals surface area contributed by atoms with Crippen molar-refractivity contribution < 1.29 is 29.1 Å². The van der Waals surface area contributed by atoms with Gasteiger partial charge in [-0.15, -0.1) is 0 Å². The molecule has 0 aromatic heterocycles. The van der Waals surface area contributed by atoms with Gasteiger partial charge in [0.25, 0.3) is 0 Å². The third-order valence-corrected chi connectivity index (χ3v) is 5.03. The number of nitrogens with one attached hydrogen (secondary N) is 5. The number of benzene rings is 1. The van der Waals surface area contributed by atoms with E-state index in [1.54, 1.807) is 19.1 Å². The number of allylic oxidation sites excluding steroid dienone is 1.